The molecule has 0 atom stereocenters. The minimum atomic E-state index is -0.435. The van der Waals surface area contributed by atoms with E-state index in [1.165, 1.54) is 12.3 Å². The highest BCUT2D eigenvalue weighted by atomic mass is 19.1. The molecule has 1 saturated heterocycles. The van der Waals surface area contributed by atoms with Crippen molar-refractivity contribution in [3.05, 3.63) is 53.1 Å². The normalized spacial score (nSPS) is 17.0. The van der Waals surface area contributed by atoms with Crippen LogP contribution < -0.4 is 22.1 Å². The van der Waals surface area contributed by atoms with Crippen LogP contribution in [0.3, 0.4) is 0 Å². The van der Waals surface area contributed by atoms with Gasteiger partial charge in [0.15, 0.2) is 5.84 Å². The number of nitrogens with two attached hydrogens (primary N) is 3. The van der Waals surface area contributed by atoms with E-state index in [0.717, 1.165) is 43.7 Å². The molecule has 0 bridgehead atoms. The van der Waals surface area contributed by atoms with Gasteiger partial charge < -0.3 is 22.1 Å². The molecule has 0 spiro atoms. The summed E-state index contributed by atoms with van der Waals surface area (Å²) in [7, 11) is 0. The average molecular weight is 419 g/mol. The van der Waals surface area contributed by atoms with Crippen LogP contribution in [0.5, 0.6) is 0 Å². The van der Waals surface area contributed by atoms with Crippen LogP contribution in [0.15, 0.2) is 46.5 Å². The van der Waals surface area contributed by atoms with Crippen molar-refractivity contribution >= 4 is 11.5 Å². The second kappa shape index (κ2) is 11.3. The van der Waals surface area contributed by atoms with Gasteiger partial charge in [-0.15, -0.1) is 5.10 Å². The standard InChI is InChI=1S/C21H33FN8.H2/c1-15(2)11-16-12-18(22)20(21(25)27-28-26)19(13-16)30-8-4-7-29(9-10-30)14-17(24)5-3-6-23;/h3,5-6,12-13,15H,4,7-11,14,23-24H2,1-2H3,(H3,25,26,27);1H/b6-3-,17-5-;. The fourth-order valence-electron chi connectivity index (χ4n) is 3.70. The van der Waals surface area contributed by atoms with E-state index in [9.17, 15) is 0 Å². The smallest absolute Gasteiger partial charge is 0.160 e. The van der Waals surface area contributed by atoms with Gasteiger partial charge in [0.25, 0.3) is 0 Å². The van der Waals surface area contributed by atoms with Gasteiger partial charge in [-0.3, -0.25) is 4.90 Å². The zero-order valence-corrected chi connectivity index (χ0v) is 17.8. The van der Waals surface area contributed by atoms with E-state index in [2.05, 4.69) is 34.0 Å². The zero-order valence-electron chi connectivity index (χ0n) is 17.8. The van der Waals surface area contributed by atoms with Crippen LogP contribution >= 0.6 is 0 Å². The van der Waals surface area contributed by atoms with E-state index in [4.69, 9.17) is 22.7 Å². The molecule has 1 aliphatic heterocycles. The predicted octanol–water partition coefficient (Wildman–Crippen LogP) is 2.75. The molecule has 0 aromatic heterocycles. The third kappa shape index (κ3) is 6.55. The van der Waals surface area contributed by atoms with Crippen LogP contribution in [-0.4, -0.2) is 43.5 Å². The summed E-state index contributed by atoms with van der Waals surface area (Å²) in [5.74, 6) is -0.125. The monoisotopic (exact) mass is 418 g/mol. The number of nitrogens with zero attached hydrogens (tertiary/aromatic N) is 4. The third-order valence-electron chi connectivity index (χ3n) is 4.94. The third-order valence-corrected chi connectivity index (χ3v) is 4.94. The Kier molecular flexibility index (Phi) is 8.79. The molecule has 30 heavy (non-hydrogen) atoms. The topological polar surface area (TPSA) is 133 Å². The van der Waals surface area contributed by atoms with E-state index >= 15 is 4.39 Å². The van der Waals surface area contributed by atoms with Gasteiger partial charge >= 0.3 is 0 Å². The minimum Gasteiger partial charge on any atom is -0.405 e. The molecule has 0 saturated carbocycles. The van der Waals surface area contributed by atoms with Crippen molar-refractivity contribution in [2.45, 2.75) is 26.7 Å². The fourth-order valence-corrected chi connectivity index (χ4v) is 3.70. The summed E-state index contributed by atoms with van der Waals surface area (Å²) < 4.78 is 15.0. The first-order valence-electron chi connectivity index (χ1n) is 10.2. The molecule has 1 aliphatic rings. The lowest BCUT2D eigenvalue weighted by Crippen LogP contribution is -2.34. The Hall–Kier alpha value is -2.94. The molecule has 166 valence electrons. The van der Waals surface area contributed by atoms with Gasteiger partial charge in [-0.1, -0.05) is 19.1 Å². The van der Waals surface area contributed by atoms with Gasteiger partial charge in [-0.25, -0.2) is 4.39 Å². The Morgan fingerprint density at radius 2 is 2.03 bits per heavy atom. The maximum absolute atomic E-state index is 15.0. The molecule has 0 unspecified atom stereocenters. The number of hydrogen-bond donors (Lipinski definition) is 4. The highest BCUT2D eigenvalue weighted by molar-refractivity contribution is 6.02. The number of anilines is 1. The Labute approximate surface area is 179 Å². The Balaban J connectivity index is 0.00000480. The summed E-state index contributed by atoms with van der Waals surface area (Å²) in [4.78, 5) is 4.40. The first-order chi connectivity index (χ1) is 14.3. The number of benzene rings is 1. The average Bonchev–Trinajstić information content (AvgIpc) is 2.91. The molecule has 8 nitrogen and oxygen atoms in total. The lowest BCUT2D eigenvalue weighted by Gasteiger charge is -2.27. The quantitative estimate of drug-likeness (QED) is 0.169. The van der Waals surface area contributed by atoms with E-state index in [1.54, 1.807) is 12.2 Å². The first-order valence-corrected chi connectivity index (χ1v) is 10.2. The fraction of sp³-hybridized carbons (Fsp3) is 0.476. The molecule has 1 aromatic rings. The minimum absolute atomic E-state index is 0. The highest BCUT2D eigenvalue weighted by Crippen LogP contribution is 2.28. The number of rotatable bonds is 8. The number of allylic oxidation sites excluding steroid dienone is 2. The van der Waals surface area contributed by atoms with Crippen LogP contribution in [0.25, 0.3) is 0 Å². The maximum Gasteiger partial charge on any atom is 0.160 e. The SMILES string of the molecule is CC(C)Cc1cc(F)c(/C(N)=N/N=N)c(N2CCCN(C/C(N)=C/C=C\N)CC2)c1.[HH]. The van der Waals surface area contributed by atoms with E-state index in [0.29, 0.717) is 24.7 Å². The Morgan fingerprint density at radius 3 is 2.70 bits per heavy atom. The molecular formula is C21H35FN8. The van der Waals surface area contributed by atoms with Crippen molar-refractivity contribution in [2.75, 3.05) is 37.6 Å². The van der Waals surface area contributed by atoms with Crippen LogP contribution in [0.1, 0.15) is 32.8 Å². The highest BCUT2D eigenvalue weighted by Gasteiger charge is 2.22. The molecule has 2 rings (SSSR count). The van der Waals surface area contributed by atoms with Crippen molar-refractivity contribution in [1.29, 1.82) is 5.53 Å². The number of hydrogen-bond acceptors (Lipinski definition) is 6. The summed E-state index contributed by atoms with van der Waals surface area (Å²) in [6.07, 6.45) is 6.63. The Bertz CT molecular complexity index is 822. The van der Waals surface area contributed by atoms with Gasteiger partial charge in [0, 0.05) is 39.8 Å². The lowest BCUT2D eigenvalue weighted by molar-refractivity contribution is 0.317. The lowest BCUT2D eigenvalue weighted by atomic mass is 9.99. The maximum atomic E-state index is 15.0. The number of nitrogens with one attached hydrogen (secondary N) is 1. The van der Waals surface area contributed by atoms with E-state index in [1.807, 2.05) is 6.07 Å². The number of amidine groups is 1. The van der Waals surface area contributed by atoms with Crippen molar-refractivity contribution in [1.82, 2.24) is 4.90 Å². The molecule has 9 heteroatoms. The molecule has 1 fully saturated rings. The Morgan fingerprint density at radius 1 is 1.27 bits per heavy atom. The summed E-state index contributed by atoms with van der Waals surface area (Å²) >= 11 is 0. The van der Waals surface area contributed by atoms with Gasteiger partial charge in [0.2, 0.25) is 0 Å². The van der Waals surface area contributed by atoms with Crippen molar-refractivity contribution in [3.63, 3.8) is 0 Å². The second-order valence-electron chi connectivity index (χ2n) is 7.90. The summed E-state index contributed by atoms with van der Waals surface area (Å²) in [5, 5.41) is 6.56. The molecule has 1 heterocycles. The molecule has 0 aliphatic carbocycles. The van der Waals surface area contributed by atoms with Crippen LogP contribution in [-0.2, 0) is 6.42 Å². The molecular weight excluding hydrogens is 383 g/mol. The van der Waals surface area contributed by atoms with Gasteiger partial charge in [0.1, 0.15) is 5.82 Å². The van der Waals surface area contributed by atoms with Crippen molar-refractivity contribution < 1.29 is 5.82 Å². The second-order valence-corrected chi connectivity index (χ2v) is 7.90. The van der Waals surface area contributed by atoms with E-state index in [-0.39, 0.29) is 12.8 Å². The van der Waals surface area contributed by atoms with Gasteiger partial charge in [-0.05, 0) is 54.8 Å². The van der Waals surface area contributed by atoms with Gasteiger partial charge in [-0.2, -0.15) is 5.53 Å². The van der Waals surface area contributed by atoms with Crippen molar-refractivity contribution in [2.24, 2.45) is 33.4 Å². The molecule has 0 radical (unpaired) electrons. The molecule has 0 amide bonds. The van der Waals surface area contributed by atoms with Gasteiger partial charge in [0.05, 0.1) is 11.3 Å². The molecule has 1 aromatic carbocycles. The van der Waals surface area contributed by atoms with Crippen LogP contribution in [0, 0.1) is 17.3 Å². The summed E-state index contributed by atoms with van der Waals surface area (Å²) in [6, 6.07) is 3.49. The first kappa shape index (κ1) is 23.3. The largest absolute Gasteiger partial charge is 0.405 e. The van der Waals surface area contributed by atoms with E-state index < -0.39 is 5.82 Å². The zero-order chi connectivity index (χ0) is 22.1. The summed E-state index contributed by atoms with van der Waals surface area (Å²) in [5.41, 5.74) is 26.9. The number of halogens is 1. The van der Waals surface area contributed by atoms with Crippen molar-refractivity contribution in [3.8, 4) is 0 Å². The van der Waals surface area contributed by atoms with Crippen LogP contribution in [0.2, 0.25) is 0 Å². The van der Waals surface area contributed by atoms with Crippen LogP contribution in [0.4, 0.5) is 10.1 Å². The summed E-state index contributed by atoms with van der Waals surface area (Å²) in [6.45, 7) is 7.95. The molecule has 7 N–H and O–H groups in total. The predicted molar refractivity (Wildman–Crippen MR) is 122 cm³/mol.